The number of carbonyl (C=O) groups is 2. The average molecular weight is 448 g/mol. The average Bonchev–Trinajstić information content (AvgIpc) is 3.34. The summed E-state index contributed by atoms with van der Waals surface area (Å²) in [6, 6.07) is 7.63. The van der Waals surface area contributed by atoms with E-state index in [1.165, 1.54) is 6.33 Å². The number of hydrogen-bond donors (Lipinski definition) is 2. The van der Waals surface area contributed by atoms with Crippen LogP contribution < -0.4 is 10.6 Å². The van der Waals surface area contributed by atoms with Gasteiger partial charge in [-0.05, 0) is 44.1 Å². The number of nitrogens with zero attached hydrogens (tertiary/aromatic N) is 5. The topological polar surface area (TPSA) is 94.9 Å². The molecule has 0 spiro atoms. The van der Waals surface area contributed by atoms with Crippen molar-refractivity contribution in [1.82, 2.24) is 29.7 Å². The number of rotatable bonds is 6. The molecule has 2 aromatic heterocycles. The summed E-state index contributed by atoms with van der Waals surface area (Å²) in [4.78, 5) is 35.0. The lowest BCUT2D eigenvalue weighted by atomic mass is 9.95. The van der Waals surface area contributed by atoms with Gasteiger partial charge in [-0.2, -0.15) is 5.10 Å². The molecule has 0 bridgehead atoms. The van der Waals surface area contributed by atoms with Crippen molar-refractivity contribution in [1.29, 1.82) is 0 Å². The number of nitrogens with one attached hydrogen (secondary N) is 2. The summed E-state index contributed by atoms with van der Waals surface area (Å²) < 4.78 is 1.66. The first-order chi connectivity index (χ1) is 16.0. The molecule has 1 saturated heterocycles. The van der Waals surface area contributed by atoms with Crippen LogP contribution >= 0.6 is 0 Å². The summed E-state index contributed by atoms with van der Waals surface area (Å²) in [5.74, 6) is -0.772. The maximum atomic E-state index is 13.0. The molecule has 33 heavy (non-hydrogen) atoms. The Morgan fingerprint density at radius 3 is 2.82 bits per heavy atom. The van der Waals surface area contributed by atoms with Crippen molar-refractivity contribution in [2.75, 3.05) is 51.6 Å². The molecular weight excluding hydrogens is 418 g/mol. The standard InChI is InChI=1S/C24H29N7O2/c1-16-18(23(32)25-8-5-9-30-12-10-29(2)11-13-30)14-31-22(16)21(26-15-27-31)20-17-6-3-4-7-19(17)28-24(20)33/h3-4,6-7,14-15,20H,5,8-13H2,1-2H3,(H,25,32)(H,28,33). The number of fused-ring (bicyclic) bond motifs is 2. The zero-order valence-electron chi connectivity index (χ0n) is 19.0. The van der Waals surface area contributed by atoms with Crippen molar-refractivity contribution >= 4 is 23.0 Å². The van der Waals surface area contributed by atoms with E-state index in [1.807, 2.05) is 31.2 Å². The van der Waals surface area contributed by atoms with Crippen molar-refractivity contribution in [3.63, 3.8) is 0 Å². The fourth-order valence-corrected chi connectivity index (χ4v) is 4.78. The van der Waals surface area contributed by atoms with Gasteiger partial charge in [0.15, 0.2) is 0 Å². The van der Waals surface area contributed by atoms with Gasteiger partial charge in [0.2, 0.25) is 5.91 Å². The molecule has 2 aliphatic rings. The molecule has 9 nitrogen and oxygen atoms in total. The summed E-state index contributed by atoms with van der Waals surface area (Å²) in [5.41, 5.74) is 4.34. The van der Waals surface area contributed by atoms with E-state index < -0.39 is 5.92 Å². The van der Waals surface area contributed by atoms with E-state index >= 15 is 0 Å². The first-order valence-electron chi connectivity index (χ1n) is 11.4. The van der Waals surface area contributed by atoms with Crippen LogP contribution in [0.3, 0.4) is 0 Å². The van der Waals surface area contributed by atoms with Gasteiger partial charge >= 0.3 is 0 Å². The van der Waals surface area contributed by atoms with Crippen LogP contribution in [0.2, 0.25) is 0 Å². The number of piperazine rings is 1. The summed E-state index contributed by atoms with van der Waals surface area (Å²) in [6.45, 7) is 7.83. The second-order valence-electron chi connectivity index (χ2n) is 8.87. The molecule has 5 rings (SSSR count). The molecule has 0 saturated carbocycles. The molecule has 2 N–H and O–H groups in total. The first-order valence-corrected chi connectivity index (χ1v) is 11.4. The molecule has 172 valence electrons. The molecule has 4 heterocycles. The van der Waals surface area contributed by atoms with Crippen LogP contribution in [0.1, 0.15) is 39.5 Å². The molecule has 1 atom stereocenters. The Hall–Kier alpha value is -3.30. The van der Waals surface area contributed by atoms with Crippen LogP contribution in [0, 0.1) is 6.92 Å². The number of hydrogen-bond acceptors (Lipinski definition) is 6. The van der Waals surface area contributed by atoms with Crippen molar-refractivity contribution in [3.05, 3.63) is 59.2 Å². The molecule has 0 aliphatic carbocycles. The van der Waals surface area contributed by atoms with Crippen LogP contribution in [0.15, 0.2) is 36.8 Å². The summed E-state index contributed by atoms with van der Waals surface area (Å²) >= 11 is 0. The molecule has 2 amide bonds. The highest BCUT2D eigenvalue weighted by Crippen LogP contribution is 2.38. The maximum Gasteiger partial charge on any atom is 0.253 e. The van der Waals surface area contributed by atoms with Gasteiger partial charge in [0, 0.05) is 44.6 Å². The second-order valence-corrected chi connectivity index (χ2v) is 8.87. The molecule has 3 aromatic rings. The Morgan fingerprint density at radius 1 is 1.21 bits per heavy atom. The van der Waals surface area contributed by atoms with Crippen LogP contribution in [0.5, 0.6) is 0 Å². The van der Waals surface area contributed by atoms with Crippen molar-refractivity contribution < 1.29 is 9.59 Å². The van der Waals surface area contributed by atoms with Crippen LogP contribution in [0.4, 0.5) is 5.69 Å². The zero-order valence-corrected chi connectivity index (χ0v) is 19.0. The number of anilines is 1. The van der Waals surface area contributed by atoms with Gasteiger partial charge in [-0.15, -0.1) is 0 Å². The van der Waals surface area contributed by atoms with E-state index in [9.17, 15) is 9.59 Å². The zero-order chi connectivity index (χ0) is 22.9. The van der Waals surface area contributed by atoms with Gasteiger partial charge in [0.25, 0.3) is 5.91 Å². The number of para-hydroxylation sites is 1. The minimum absolute atomic E-state index is 0.118. The Kier molecular flexibility index (Phi) is 5.82. The Bertz CT molecular complexity index is 1200. The fourth-order valence-electron chi connectivity index (χ4n) is 4.78. The van der Waals surface area contributed by atoms with Crippen molar-refractivity contribution in [2.24, 2.45) is 0 Å². The van der Waals surface area contributed by atoms with E-state index in [0.717, 1.165) is 56.0 Å². The number of amides is 2. The molecule has 1 fully saturated rings. The summed E-state index contributed by atoms with van der Waals surface area (Å²) in [6.07, 6.45) is 4.07. The number of aromatic nitrogens is 3. The third-order valence-corrected chi connectivity index (χ3v) is 6.70. The Balaban J connectivity index is 1.32. The van der Waals surface area contributed by atoms with Crippen LogP contribution in [-0.2, 0) is 4.79 Å². The highest BCUT2D eigenvalue weighted by atomic mass is 16.2. The lowest BCUT2D eigenvalue weighted by molar-refractivity contribution is -0.116. The van der Waals surface area contributed by atoms with E-state index in [2.05, 4.69) is 37.6 Å². The third-order valence-electron chi connectivity index (χ3n) is 6.70. The number of aryl methyl sites for hydroxylation is 1. The number of likely N-dealkylation sites (N-methyl/N-ethyl adjacent to an activating group) is 1. The predicted molar refractivity (Wildman–Crippen MR) is 126 cm³/mol. The lowest BCUT2D eigenvalue weighted by Crippen LogP contribution is -2.45. The first kappa shape index (κ1) is 21.5. The highest BCUT2D eigenvalue weighted by Gasteiger charge is 2.35. The van der Waals surface area contributed by atoms with E-state index in [-0.39, 0.29) is 11.8 Å². The minimum atomic E-state index is -0.528. The Labute approximate surface area is 192 Å². The van der Waals surface area contributed by atoms with Gasteiger partial charge in [-0.3, -0.25) is 9.59 Å². The number of benzene rings is 1. The summed E-state index contributed by atoms with van der Waals surface area (Å²) in [5, 5.41) is 10.3. The van der Waals surface area contributed by atoms with Crippen LogP contribution in [-0.4, -0.2) is 82.5 Å². The van der Waals surface area contributed by atoms with Gasteiger partial charge < -0.3 is 20.4 Å². The highest BCUT2D eigenvalue weighted by molar-refractivity contribution is 6.06. The molecular formula is C24H29N7O2. The SMILES string of the molecule is Cc1c(C(=O)NCCCN2CCN(C)CC2)cn2ncnc(C3C(=O)Nc4ccccc43)c12. The quantitative estimate of drug-likeness (QED) is 0.556. The van der Waals surface area contributed by atoms with Gasteiger partial charge in [-0.1, -0.05) is 18.2 Å². The molecule has 0 radical (unpaired) electrons. The molecule has 2 aliphatic heterocycles. The lowest BCUT2D eigenvalue weighted by Gasteiger charge is -2.32. The molecule has 1 unspecified atom stereocenters. The fraction of sp³-hybridized carbons (Fsp3) is 0.417. The molecule has 9 heteroatoms. The molecule has 1 aromatic carbocycles. The largest absolute Gasteiger partial charge is 0.352 e. The van der Waals surface area contributed by atoms with Crippen molar-refractivity contribution in [3.8, 4) is 0 Å². The van der Waals surface area contributed by atoms with E-state index in [0.29, 0.717) is 23.3 Å². The smallest absolute Gasteiger partial charge is 0.253 e. The van der Waals surface area contributed by atoms with Crippen LogP contribution in [0.25, 0.3) is 5.52 Å². The monoisotopic (exact) mass is 447 g/mol. The Morgan fingerprint density at radius 2 is 2.00 bits per heavy atom. The summed E-state index contributed by atoms with van der Waals surface area (Å²) in [7, 11) is 2.15. The number of carbonyl (C=O) groups excluding carboxylic acids is 2. The maximum absolute atomic E-state index is 13.0. The van der Waals surface area contributed by atoms with E-state index in [4.69, 9.17) is 0 Å². The van der Waals surface area contributed by atoms with Gasteiger partial charge in [-0.25, -0.2) is 9.50 Å². The second kappa shape index (κ2) is 8.92. The van der Waals surface area contributed by atoms with E-state index in [1.54, 1.807) is 10.7 Å². The minimum Gasteiger partial charge on any atom is -0.352 e. The van der Waals surface area contributed by atoms with Gasteiger partial charge in [0.05, 0.1) is 16.8 Å². The predicted octanol–water partition coefficient (Wildman–Crippen LogP) is 1.49. The van der Waals surface area contributed by atoms with Gasteiger partial charge in [0.1, 0.15) is 12.2 Å². The third kappa shape index (κ3) is 4.09. The normalized spacial score (nSPS) is 19.0. The van der Waals surface area contributed by atoms with Crippen molar-refractivity contribution in [2.45, 2.75) is 19.3 Å².